The topological polar surface area (TPSA) is 83.5 Å². The van der Waals surface area contributed by atoms with Crippen LogP contribution in [0.3, 0.4) is 0 Å². The number of carboxylic acids is 1. The van der Waals surface area contributed by atoms with Crippen molar-refractivity contribution in [1.29, 1.82) is 0 Å². The van der Waals surface area contributed by atoms with Crippen LogP contribution in [0.15, 0.2) is 83.8 Å². The molecule has 3 rings (SSSR count). The van der Waals surface area contributed by atoms with Gasteiger partial charge in [-0.1, -0.05) is 42.5 Å². The summed E-state index contributed by atoms with van der Waals surface area (Å²) in [5.41, 5.74) is 1.27. The van der Waals surface area contributed by atoms with Crippen LogP contribution in [0.5, 0.6) is 0 Å². The molecule has 0 heterocycles. The van der Waals surface area contributed by atoms with E-state index in [2.05, 4.69) is 5.32 Å². The van der Waals surface area contributed by atoms with Gasteiger partial charge in [0.05, 0.1) is 16.9 Å². The van der Waals surface area contributed by atoms with Crippen LogP contribution in [-0.4, -0.2) is 28.5 Å². The number of carboxylic acid groups (broad SMARTS) is 1. The number of hydrogen-bond donors (Lipinski definition) is 2. The number of benzene rings is 3. The minimum Gasteiger partial charge on any atom is -0.478 e. The van der Waals surface area contributed by atoms with Gasteiger partial charge in [0.15, 0.2) is 5.78 Å². The van der Waals surface area contributed by atoms with Gasteiger partial charge in [0.1, 0.15) is 0 Å². The molecule has 0 aliphatic heterocycles. The normalized spacial score (nSPS) is 10.3. The molecule has 0 aliphatic carbocycles. The van der Waals surface area contributed by atoms with Gasteiger partial charge in [-0.25, -0.2) is 4.79 Å². The third kappa shape index (κ3) is 4.86. The highest BCUT2D eigenvalue weighted by Gasteiger charge is 2.15. The van der Waals surface area contributed by atoms with E-state index in [4.69, 9.17) is 0 Å². The van der Waals surface area contributed by atoms with E-state index in [0.717, 1.165) is 4.90 Å². The summed E-state index contributed by atoms with van der Waals surface area (Å²) in [5.74, 6) is -1.27. The standard InChI is InChI=1S/C22H17NO4S/c24-20(15-6-2-1-3-7-15)14-28-17-12-10-16(11-13-17)23-21(25)18-8-4-5-9-19(18)22(26)27/h1-13H,14H2,(H,23,25)(H,26,27). The zero-order valence-corrected chi connectivity index (χ0v) is 15.6. The zero-order valence-electron chi connectivity index (χ0n) is 14.8. The average Bonchev–Trinajstić information content (AvgIpc) is 2.73. The molecule has 5 nitrogen and oxygen atoms in total. The lowest BCUT2D eigenvalue weighted by molar-refractivity contribution is 0.0692. The molecule has 0 bridgehead atoms. The maximum absolute atomic E-state index is 12.4. The summed E-state index contributed by atoms with van der Waals surface area (Å²) >= 11 is 1.41. The van der Waals surface area contributed by atoms with Gasteiger partial charge in [-0.3, -0.25) is 9.59 Å². The van der Waals surface area contributed by atoms with Crippen molar-refractivity contribution in [2.75, 3.05) is 11.1 Å². The van der Waals surface area contributed by atoms with Gasteiger partial charge in [0.25, 0.3) is 5.91 Å². The second-order valence-electron chi connectivity index (χ2n) is 5.91. The first kappa shape index (κ1) is 19.4. The predicted octanol–water partition coefficient (Wildman–Crippen LogP) is 4.61. The van der Waals surface area contributed by atoms with Gasteiger partial charge in [0, 0.05) is 16.1 Å². The van der Waals surface area contributed by atoms with E-state index in [1.807, 2.05) is 30.3 Å². The molecule has 0 radical (unpaired) electrons. The summed E-state index contributed by atoms with van der Waals surface area (Å²) in [6, 6.07) is 22.2. The molecule has 0 unspecified atom stereocenters. The van der Waals surface area contributed by atoms with E-state index in [9.17, 15) is 19.5 Å². The number of carbonyl (C=O) groups is 3. The first-order chi connectivity index (χ1) is 13.5. The molecule has 0 spiro atoms. The smallest absolute Gasteiger partial charge is 0.336 e. The van der Waals surface area contributed by atoms with Gasteiger partial charge in [-0.15, -0.1) is 11.8 Å². The predicted molar refractivity (Wildman–Crippen MR) is 109 cm³/mol. The molecule has 6 heteroatoms. The third-order valence-corrected chi connectivity index (χ3v) is 4.99. The summed E-state index contributed by atoms with van der Waals surface area (Å²) in [5, 5.41) is 11.9. The lowest BCUT2D eigenvalue weighted by Crippen LogP contribution is -2.16. The van der Waals surface area contributed by atoms with Gasteiger partial charge < -0.3 is 10.4 Å². The van der Waals surface area contributed by atoms with Crippen LogP contribution in [-0.2, 0) is 0 Å². The van der Waals surface area contributed by atoms with E-state index in [1.165, 1.54) is 23.9 Å². The number of aromatic carboxylic acids is 1. The van der Waals surface area contributed by atoms with Crippen molar-refractivity contribution in [3.05, 3.63) is 95.6 Å². The Balaban J connectivity index is 1.61. The molecule has 140 valence electrons. The first-order valence-electron chi connectivity index (χ1n) is 8.49. The Hall–Kier alpha value is -3.38. The van der Waals surface area contributed by atoms with Gasteiger partial charge in [-0.05, 0) is 36.4 Å². The molecule has 0 aromatic heterocycles. The van der Waals surface area contributed by atoms with E-state index in [1.54, 1.807) is 36.4 Å². The molecule has 0 saturated heterocycles. The lowest BCUT2D eigenvalue weighted by Gasteiger charge is -2.08. The average molecular weight is 391 g/mol. The summed E-state index contributed by atoms with van der Waals surface area (Å²) in [6.07, 6.45) is 0. The highest BCUT2D eigenvalue weighted by molar-refractivity contribution is 8.00. The van der Waals surface area contributed by atoms with E-state index >= 15 is 0 Å². The van der Waals surface area contributed by atoms with Crippen LogP contribution < -0.4 is 5.32 Å². The Morgan fingerprint density at radius 3 is 2.04 bits per heavy atom. The van der Waals surface area contributed by atoms with Crippen molar-refractivity contribution in [2.24, 2.45) is 0 Å². The van der Waals surface area contributed by atoms with Gasteiger partial charge in [-0.2, -0.15) is 0 Å². The fraction of sp³-hybridized carbons (Fsp3) is 0.0455. The maximum Gasteiger partial charge on any atom is 0.336 e. The van der Waals surface area contributed by atoms with Crippen molar-refractivity contribution < 1.29 is 19.5 Å². The summed E-state index contributed by atoms with van der Waals surface area (Å²) in [6.45, 7) is 0. The minimum atomic E-state index is -1.15. The van der Waals surface area contributed by atoms with Gasteiger partial charge in [0.2, 0.25) is 0 Å². The van der Waals surface area contributed by atoms with E-state index in [0.29, 0.717) is 17.0 Å². The van der Waals surface area contributed by atoms with Crippen LogP contribution in [0.2, 0.25) is 0 Å². The van der Waals surface area contributed by atoms with Gasteiger partial charge >= 0.3 is 5.97 Å². The van der Waals surface area contributed by atoms with Crippen molar-refractivity contribution in [3.63, 3.8) is 0 Å². The molecule has 0 atom stereocenters. The fourth-order valence-electron chi connectivity index (χ4n) is 2.56. The van der Waals surface area contributed by atoms with E-state index < -0.39 is 11.9 Å². The number of amides is 1. The number of hydrogen-bond acceptors (Lipinski definition) is 4. The number of nitrogens with one attached hydrogen (secondary N) is 1. The van der Waals surface area contributed by atoms with Crippen LogP contribution in [0.25, 0.3) is 0 Å². The lowest BCUT2D eigenvalue weighted by atomic mass is 10.1. The molecular weight excluding hydrogens is 374 g/mol. The summed E-state index contributed by atoms with van der Waals surface area (Å²) < 4.78 is 0. The van der Waals surface area contributed by atoms with Crippen molar-refractivity contribution in [2.45, 2.75) is 4.90 Å². The second kappa shape index (κ2) is 9.01. The SMILES string of the molecule is O=C(CSc1ccc(NC(=O)c2ccccc2C(=O)O)cc1)c1ccccc1. The molecule has 3 aromatic rings. The molecule has 28 heavy (non-hydrogen) atoms. The number of carbonyl (C=O) groups excluding carboxylic acids is 2. The van der Waals surface area contributed by atoms with Crippen LogP contribution >= 0.6 is 11.8 Å². The monoisotopic (exact) mass is 391 g/mol. The number of rotatable bonds is 7. The van der Waals surface area contributed by atoms with Crippen molar-refractivity contribution >= 4 is 35.1 Å². The molecular formula is C22H17NO4S. The van der Waals surface area contributed by atoms with Crippen LogP contribution in [0.1, 0.15) is 31.1 Å². The minimum absolute atomic E-state index is 0.0493. The number of Topliss-reactive ketones (excluding diaryl/α,β-unsaturated/α-hetero) is 1. The van der Waals surface area contributed by atoms with E-state index in [-0.39, 0.29) is 16.9 Å². The Bertz CT molecular complexity index is 1000. The molecule has 0 fully saturated rings. The largest absolute Gasteiger partial charge is 0.478 e. The molecule has 2 N–H and O–H groups in total. The highest BCUT2D eigenvalue weighted by Crippen LogP contribution is 2.22. The maximum atomic E-state index is 12.4. The number of thioether (sulfide) groups is 1. The highest BCUT2D eigenvalue weighted by atomic mass is 32.2. The Labute approximate surface area is 166 Å². The summed E-state index contributed by atoms with van der Waals surface area (Å²) in [4.78, 5) is 36.7. The molecule has 0 saturated carbocycles. The second-order valence-corrected chi connectivity index (χ2v) is 6.96. The molecule has 3 aromatic carbocycles. The number of anilines is 1. The van der Waals surface area contributed by atoms with Crippen LogP contribution in [0.4, 0.5) is 5.69 Å². The fourth-order valence-corrected chi connectivity index (χ4v) is 3.35. The Kier molecular flexibility index (Phi) is 6.24. The molecule has 1 amide bonds. The number of ketones is 1. The summed E-state index contributed by atoms with van der Waals surface area (Å²) in [7, 11) is 0. The third-order valence-electron chi connectivity index (χ3n) is 3.98. The quantitative estimate of drug-likeness (QED) is 0.454. The molecule has 0 aliphatic rings. The Morgan fingerprint density at radius 1 is 0.786 bits per heavy atom. The Morgan fingerprint density at radius 2 is 1.39 bits per heavy atom. The van der Waals surface area contributed by atoms with Crippen LogP contribution in [0, 0.1) is 0 Å². The first-order valence-corrected chi connectivity index (χ1v) is 9.48. The van der Waals surface area contributed by atoms with Crippen molar-refractivity contribution in [3.8, 4) is 0 Å². The zero-order chi connectivity index (χ0) is 19.9. The van der Waals surface area contributed by atoms with Crippen molar-refractivity contribution in [1.82, 2.24) is 0 Å².